The van der Waals surface area contributed by atoms with Crippen LogP contribution in [0.5, 0.6) is 0 Å². The van der Waals surface area contributed by atoms with Crippen molar-refractivity contribution in [2.24, 2.45) is 5.84 Å². The van der Waals surface area contributed by atoms with E-state index in [1.54, 1.807) is 23.7 Å². The molecule has 0 atom stereocenters. The smallest absolute Gasteiger partial charge is 0.159 e. The van der Waals surface area contributed by atoms with Crippen LogP contribution < -0.4 is 10.6 Å². The summed E-state index contributed by atoms with van der Waals surface area (Å²) in [4.78, 5) is 5.22. The lowest BCUT2D eigenvalue weighted by Crippen LogP contribution is -2.32. The van der Waals surface area contributed by atoms with Gasteiger partial charge in [-0.1, -0.05) is 12.8 Å². The summed E-state index contributed by atoms with van der Waals surface area (Å²) in [7, 11) is 0. The predicted molar refractivity (Wildman–Crippen MR) is 48.8 cm³/mol. The summed E-state index contributed by atoms with van der Waals surface area (Å²) >= 11 is 3.90. The van der Waals surface area contributed by atoms with Crippen molar-refractivity contribution < 1.29 is 4.84 Å². The number of hydrazine groups is 1. The molecule has 0 fully saturated rings. The molecule has 6 heteroatoms. The van der Waals surface area contributed by atoms with Gasteiger partial charge in [0.1, 0.15) is 0 Å². The van der Waals surface area contributed by atoms with E-state index in [1.807, 2.05) is 6.92 Å². The normalized spacial score (nSPS) is 16.4. The number of thiol groups is 1. The van der Waals surface area contributed by atoms with Crippen molar-refractivity contribution in [3.8, 4) is 0 Å². The fourth-order valence-electron chi connectivity index (χ4n) is 0.789. The molecule has 0 saturated carbocycles. The summed E-state index contributed by atoms with van der Waals surface area (Å²) in [6.45, 7) is 2.49. The lowest BCUT2D eigenvalue weighted by molar-refractivity contribution is -0.0928. The minimum Gasteiger partial charge on any atom is -0.315 e. The van der Waals surface area contributed by atoms with Gasteiger partial charge in [0, 0.05) is 6.20 Å². The molecule has 0 amide bonds. The number of hydrogen-bond acceptors (Lipinski definition) is 6. The quantitative estimate of drug-likeness (QED) is 0.434. The molecule has 0 aromatic heterocycles. The molecule has 0 radical (unpaired) electrons. The molecule has 0 bridgehead atoms. The van der Waals surface area contributed by atoms with E-state index < -0.39 is 0 Å². The number of nitrogens with two attached hydrogens (primary N) is 1. The van der Waals surface area contributed by atoms with E-state index in [9.17, 15) is 0 Å². The van der Waals surface area contributed by atoms with Gasteiger partial charge in [0.25, 0.3) is 0 Å². The van der Waals surface area contributed by atoms with Gasteiger partial charge in [0.05, 0.1) is 19.0 Å². The molecule has 1 rings (SSSR count). The predicted octanol–water partition coefficient (Wildman–Crippen LogP) is 0.134. The second kappa shape index (κ2) is 4.24. The van der Waals surface area contributed by atoms with Crippen LogP contribution in [0.1, 0.15) is 6.92 Å². The molecule has 0 spiro atoms. The third-order valence-corrected chi connectivity index (χ3v) is 1.49. The largest absolute Gasteiger partial charge is 0.315 e. The number of nitrogens with zero attached hydrogens (tertiary/aromatic N) is 2. The Morgan fingerprint density at radius 2 is 2.42 bits per heavy atom. The first-order chi connectivity index (χ1) is 5.77. The highest BCUT2D eigenvalue weighted by Gasteiger charge is 2.10. The summed E-state index contributed by atoms with van der Waals surface area (Å²) < 4.78 is 2.65. The standard InChI is InChI=1S/C6H12N4OS/c1-2-11-10-4-3-9(7)5-6(10)8-12/h3-5,8,12H,2,7H2,1H3. The van der Waals surface area contributed by atoms with Crippen molar-refractivity contribution in [1.82, 2.24) is 14.8 Å². The van der Waals surface area contributed by atoms with Gasteiger partial charge < -0.3 is 4.72 Å². The summed E-state index contributed by atoms with van der Waals surface area (Å²) in [5.74, 6) is 6.14. The van der Waals surface area contributed by atoms with Gasteiger partial charge in [-0.2, -0.15) is 0 Å². The van der Waals surface area contributed by atoms with Crippen LogP contribution in [-0.2, 0) is 4.84 Å². The number of nitrogens with one attached hydrogen (secondary N) is 1. The fourth-order valence-corrected chi connectivity index (χ4v) is 0.945. The number of hydroxylamine groups is 2. The molecule has 5 nitrogen and oxygen atoms in total. The average molecular weight is 188 g/mol. The maximum atomic E-state index is 5.47. The molecule has 12 heavy (non-hydrogen) atoms. The van der Waals surface area contributed by atoms with Crippen LogP contribution in [0, 0.1) is 0 Å². The first kappa shape index (κ1) is 9.24. The summed E-state index contributed by atoms with van der Waals surface area (Å²) in [5.41, 5.74) is 0. The lowest BCUT2D eigenvalue weighted by atomic mass is 10.6. The summed E-state index contributed by atoms with van der Waals surface area (Å²) in [6, 6.07) is 0. The number of rotatable bonds is 3. The van der Waals surface area contributed by atoms with Crippen LogP contribution in [0.25, 0.3) is 0 Å². The van der Waals surface area contributed by atoms with E-state index >= 15 is 0 Å². The molecule has 3 N–H and O–H groups in total. The molecule has 0 aromatic rings. The van der Waals surface area contributed by atoms with Crippen LogP contribution in [0.2, 0.25) is 0 Å². The Labute approximate surface area is 76.9 Å². The van der Waals surface area contributed by atoms with Gasteiger partial charge in [-0.25, -0.2) is 10.9 Å². The van der Waals surface area contributed by atoms with Crippen LogP contribution in [0.4, 0.5) is 0 Å². The summed E-state index contributed by atoms with van der Waals surface area (Å²) in [5, 5.41) is 2.96. The maximum Gasteiger partial charge on any atom is 0.159 e. The summed E-state index contributed by atoms with van der Waals surface area (Å²) in [6.07, 6.45) is 5.02. The average Bonchev–Trinajstić information content (AvgIpc) is 2.08. The van der Waals surface area contributed by atoms with Crippen molar-refractivity contribution in [3.05, 3.63) is 24.4 Å². The first-order valence-electron chi connectivity index (χ1n) is 3.53. The van der Waals surface area contributed by atoms with E-state index in [4.69, 9.17) is 10.7 Å². The number of hydrogen-bond donors (Lipinski definition) is 3. The van der Waals surface area contributed by atoms with E-state index in [1.165, 1.54) is 5.01 Å². The zero-order valence-electron chi connectivity index (χ0n) is 6.77. The molecule has 0 unspecified atom stereocenters. The molecular weight excluding hydrogens is 176 g/mol. The van der Waals surface area contributed by atoms with Crippen molar-refractivity contribution >= 4 is 12.8 Å². The SMILES string of the molecule is CCON1C=CN(N)C=C1NS. The van der Waals surface area contributed by atoms with Crippen LogP contribution >= 0.6 is 12.8 Å². The van der Waals surface area contributed by atoms with Crippen molar-refractivity contribution in [1.29, 1.82) is 0 Å². The van der Waals surface area contributed by atoms with Gasteiger partial charge in [0.2, 0.25) is 0 Å². The monoisotopic (exact) mass is 188 g/mol. The molecular formula is C6H12N4OS. The molecule has 0 aromatic carbocycles. The first-order valence-corrected chi connectivity index (χ1v) is 3.98. The highest BCUT2D eigenvalue weighted by molar-refractivity contribution is 7.78. The Balaban J connectivity index is 2.62. The second-order valence-corrected chi connectivity index (χ2v) is 2.34. The molecule has 68 valence electrons. The van der Waals surface area contributed by atoms with Crippen LogP contribution in [0.15, 0.2) is 24.4 Å². The van der Waals surface area contributed by atoms with Gasteiger partial charge in [0.15, 0.2) is 5.82 Å². The van der Waals surface area contributed by atoms with E-state index in [-0.39, 0.29) is 0 Å². The molecule has 0 aliphatic carbocycles. The van der Waals surface area contributed by atoms with Gasteiger partial charge in [-0.3, -0.25) is 9.85 Å². The minimum absolute atomic E-state index is 0.585. The highest BCUT2D eigenvalue weighted by atomic mass is 32.1. The zero-order valence-corrected chi connectivity index (χ0v) is 7.66. The van der Waals surface area contributed by atoms with E-state index in [2.05, 4.69) is 17.5 Å². The van der Waals surface area contributed by atoms with Gasteiger partial charge >= 0.3 is 0 Å². The lowest BCUT2D eigenvalue weighted by Gasteiger charge is -2.26. The minimum atomic E-state index is 0.585. The Hall–Kier alpha value is -0.850. The van der Waals surface area contributed by atoms with Crippen molar-refractivity contribution in [3.63, 3.8) is 0 Å². The van der Waals surface area contributed by atoms with Gasteiger partial charge in [-0.15, -0.1) is 0 Å². The molecule has 0 saturated heterocycles. The fraction of sp³-hybridized carbons (Fsp3) is 0.333. The Morgan fingerprint density at radius 1 is 1.67 bits per heavy atom. The Morgan fingerprint density at radius 3 is 3.00 bits per heavy atom. The molecule has 1 aliphatic rings. The van der Waals surface area contributed by atoms with Crippen LogP contribution in [0.3, 0.4) is 0 Å². The second-order valence-electron chi connectivity index (χ2n) is 2.12. The Kier molecular flexibility index (Phi) is 3.27. The molecule has 1 heterocycles. The third-order valence-electron chi connectivity index (χ3n) is 1.27. The highest BCUT2D eigenvalue weighted by Crippen LogP contribution is 2.09. The zero-order chi connectivity index (χ0) is 8.97. The maximum absolute atomic E-state index is 5.47. The van der Waals surface area contributed by atoms with Crippen molar-refractivity contribution in [2.75, 3.05) is 6.61 Å². The Bertz CT molecular complexity index is 206. The van der Waals surface area contributed by atoms with Gasteiger partial charge in [-0.05, 0) is 6.92 Å². The molecule has 1 aliphatic heterocycles. The van der Waals surface area contributed by atoms with Crippen LogP contribution in [-0.4, -0.2) is 16.7 Å². The topological polar surface area (TPSA) is 53.8 Å². The van der Waals surface area contributed by atoms with Crippen molar-refractivity contribution in [2.45, 2.75) is 6.92 Å². The van der Waals surface area contributed by atoms with E-state index in [0.29, 0.717) is 12.4 Å². The van der Waals surface area contributed by atoms with E-state index in [0.717, 1.165) is 0 Å². The third kappa shape index (κ3) is 2.07.